The van der Waals surface area contributed by atoms with E-state index in [1.54, 1.807) is 23.1 Å². The zero-order chi connectivity index (χ0) is 25.8. The molecule has 10 nitrogen and oxygen atoms in total. The number of benzene rings is 2. The van der Waals surface area contributed by atoms with Crippen LogP contribution in [0.2, 0.25) is 0 Å². The van der Waals surface area contributed by atoms with Crippen LogP contribution in [0.1, 0.15) is 55.4 Å². The van der Waals surface area contributed by atoms with E-state index in [0.717, 1.165) is 24.8 Å². The molecule has 10 heteroatoms. The van der Waals surface area contributed by atoms with Gasteiger partial charge in [-0.3, -0.25) is 14.4 Å². The van der Waals surface area contributed by atoms with E-state index < -0.39 is 0 Å². The monoisotopic (exact) mass is 503 g/mol. The molecule has 1 N–H and O–H groups in total. The first-order chi connectivity index (χ1) is 18.0. The number of piperidine rings is 1. The quantitative estimate of drug-likeness (QED) is 0.521. The van der Waals surface area contributed by atoms with E-state index in [9.17, 15) is 14.4 Å². The number of nitrogens with one attached hydrogen (secondary N) is 1. The summed E-state index contributed by atoms with van der Waals surface area (Å²) >= 11 is 0. The number of rotatable bonds is 7. The van der Waals surface area contributed by atoms with Crippen molar-refractivity contribution in [3.05, 3.63) is 65.8 Å². The predicted molar refractivity (Wildman–Crippen MR) is 135 cm³/mol. The van der Waals surface area contributed by atoms with Crippen LogP contribution in [0.5, 0.6) is 5.75 Å². The summed E-state index contributed by atoms with van der Waals surface area (Å²) in [5, 5.41) is 6.89. The predicted octanol–water partition coefficient (Wildman–Crippen LogP) is 3.78. The van der Waals surface area contributed by atoms with Crippen molar-refractivity contribution in [2.24, 2.45) is 0 Å². The number of anilines is 2. The molecular formula is C27H29N5O5. The van der Waals surface area contributed by atoms with Crippen molar-refractivity contribution in [3.8, 4) is 5.75 Å². The Morgan fingerprint density at radius 3 is 2.70 bits per heavy atom. The van der Waals surface area contributed by atoms with Gasteiger partial charge >= 0.3 is 0 Å². The van der Waals surface area contributed by atoms with Crippen LogP contribution < -0.4 is 15.0 Å². The van der Waals surface area contributed by atoms with Gasteiger partial charge < -0.3 is 24.4 Å². The molecule has 1 saturated heterocycles. The number of para-hydroxylation sites is 2. The SMILES string of the molecule is Cc1ccc(OCc2nc(C3CCCCN3C(=O)CCC(=O)N3CC(=O)Nc4ccccc43)no2)cc1. The van der Waals surface area contributed by atoms with E-state index in [-0.39, 0.29) is 49.8 Å². The number of hydrogen-bond acceptors (Lipinski definition) is 7. The lowest BCUT2D eigenvalue weighted by atomic mass is 10.0. The van der Waals surface area contributed by atoms with E-state index in [4.69, 9.17) is 9.26 Å². The fourth-order valence-electron chi connectivity index (χ4n) is 4.69. The smallest absolute Gasteiger partial charge is 0.264 e. The Hall–Kier alpha value is -4.21. The van der Waals surface area contributed by atoms with E-state index in [0.29, 0.717) is 35.4 Å². The third-order valence-electron chi connectivity index (χ3n) is 6.61. The molecule has 37 heavy (non-hydrogen) atoms. The van der Waals surface area contributed by atoms with Gasteiger partial charge in [0.1, 0.15) is 12.3 Å². The summed E-state index contributed by atoms with van der Waals surface area (Å²) in [4.78, 5) is 45.9. The van der Waals surface area contributed by atoms with E-state index in [1.165, 1.54) is 4.90 Å². The minimum Gasteiger partial charge on any atom is -0.484 e. The number of nitrogens with zero attached hydrogens (tertiary/aromatic N) is 4. The van der Waals surface area contributed by atoms with Crippen LogP contribution in [0.3, 0.4) is 0 Å². The van der Waals surface area contributed by atoms with Gasteiger partial charge in [0, 0.05) is 19.4 Å². The molecule has 1 aromatic heterocycles. The van der Waals surface area contributed by atoms with Gasteiger partial charge in [0.15, 0.2) is 12.4 Å². The van der Waals surface area contributed by atoms with Gasteiger partial charge in [0.2, 0.25) is 17.7 Å². The molecule has 0 saturated carbocycles. The number of carbonyl (C=O) groups is 3. The van der Waals surface area contributed by atoms with Crippen LogP contribution in [0.25, 0.3) is 0 Å². The maximum Gasteiger partial charge on any atom is 0.264 e. The fraction of sp³-hybridized carbons (Fsp3) is 0.370. The van der Waals surface area contributed by atoms with Crippen molar-refractivity contribution >= 4 is 29.1 Å². The molecule has 5 rings (SSSR count). The van der Waals surface area contributed by atoms with Crippen LogP contribution in [0.4, 0.5) is 11.4 Å². The minimum atomic E-state index is -0.310. The highest BCUT2D eigenvalue weighted by Crippen LogP contribution is 2.32. The second-order valence-corrected chi connectivity index (χ2v) is 9.29. The van der Waals surface area contributed by atoms with E-state index >= 15 is 0 Å². The lowest BCUT2D eigenvalue weighted by Crippen LogP contribution is -2.43. The highest BCUT2D eigenvalue weighted by Gasteiger charge is 2.33. The topological polar surface area (TPSA) is 118 Å². The van der Waals surface area contributed by atoms with Gasteiger partial charge in [-0.25, -0.2) is 0 Å². The number of fused-ring (bicyclic) bond motifs is 1. The van der Waals surface area contributed by atoms with Crippen molar-refractivity contribution < 1.29 is 23.6 Å². The number of amides is 3. The maximum absolute atomic E-state index is 13.2. The molecule has 0 aliphatic carbocycles. The van der Waals surface area contributed by atoms with Crippen molar-refractivity contribution in [2.75, 3.05) is 23.3 Å². The molecule has 3 aromatic rings. The lowest BCUT2D eigenvalue weighted by molar-refractivity contribution is -0.136. The number of aryl methyl sites for hydroxylation is 1. The molecule has 2 aliphatic rings. The summed E-state index contributed by atoms with van der Waals surface area (Å²) in [6.07, 6.45) is 2.58. The summed E-state index contributed by atoms with van der Waals surface area (Å²) in [6.45, 7) is 2.64. The van der Waals surface area contributed by atoms with E-state index in [1.807, 2.05) is 37.3 Å². The Labute approximate surface area is 214 Å². The Kier molecular flexibility index (Phi) is 7.16. The molecule has 2 aliphatic heterocycles. The first kappa shape index (κ1) is 24.5. The average Bonchev–Trinajstić information content (AvgIpc) is 3.39. The Morgan fingerprint density at radius 2 is 1.86 bits per heavy atom. The summed E-state index contributed by atoms with van der Waals surface area (Å²) in [6, 6.07) is 14.5. The Bertz CT molecular complexity index is 1290. The van der Waals surface area contributed by atoms with Crippen LogP contribution in [0.15, 0.2) is 53.1 Å². The van der Waals surface area contributed by atoms with Crippen molar-refractivity contribution in [1.29, 1.82) is 0 Å². The largest absolute Gasteiger partial charge is 0.484 e. The molecule has 2 aromatic carbocycles. The lowest BCUT2D eigenvalue weighted by Gasteiger charge is -2.34. The molecule has 0 spiro atoms. The normalized spacial score (nSPS) is 17.2. The maximum atomic E-state index is 13.2. The second-order valence-electron chi connectivity index (χ2n) is 9.29. The first-order valence-corrected chi connectivity index (χ1v) is 12.5. The van der Waals surface area contributed by atoms with Gasteiger partial charge in [0.05, 0.1) is 17.4 Å². The number of ether oxygens (including phenoxy) is 1. The Morgan fingerprint density at radius 1 is 1.08 bits per heavy atom. The second kappa shape index (κ2) is 10.8. The summed E-state index contributed by atoms with van der Waals surface area (Å²) < 4.78 is 11.1. The molecule has 0 radical (unpaired) electrons. The zero-order valence-electron chi connectivity index (χ0n) is 20.7. The van der Waals surface area contributed by atoms with Crippen molar-refractivity contribution in [3.63, 3.8) is 0 Å². The Balaban J connectivity index is 1.20. The van der Waals surface area contributed by atoms with Crippen LogP contribution in [-0.2, 0) is 21.0 Å². The van der Waals surface area contributed by atoms with Crippen molar-refractivity contribution in [2.45, 2.75) is 51.7 Å². The minimum absolute atomic E-state index is 0.00551. The fourth-order valence-corrected chi connectivity index (χ4v) is 4.69. The molecule has 1 fully saturated rings. The van der Waals surface area contributed by atoms with Crippen molar-refractivity contribution in [1.82, 2.24) is 15.0 Å². The molecule has 192 valence electrons. The van der Waals surface area contributed by atoms with Crippen LogP contribution in [0, 0.1) is 6.92 Å². The third kappa shape index (κ3) is 5.63. The van der Waals surface area contributed by atoms with E-state index in [2.05, 4.69) is 15.5 Å². The summed E-state index contributed by atoms with van der Waals surface area (Å²) in [7, 11) is 0. The number of aromatic nitrogens is 2. The number of carbonyl (C=O) groups excluding carboxylic acids is 3. The van der Waals surface area contributed by atoms with Gasteiger partial charge in [-0.15, -0.1) is 0 Å². The third-order valence-corrected chi connectivity index (χ3v) is 6.61. The number of hydrogen-bond donors (Lipinski definition) is 1. The first-order valence-electron chi connectivity index (χ1n) is 12.5. The zero-order valence-corrected chi connectivity index (χ0v) is 20.7. The molecule has 0 bridgehead atoms. The highest BCUT2D eigenvalue weighted by atomic mass is 16.5. The molecular weight excluding hydrogens is 474 g/mol. The molecule has 3 amide bonds. The van der Waals surface area contributed by atoms with Gasteiger partial charge in [-0.1, -0.05) is 35.0 Å². The standard InChI is InChI=1S/C27H29N5O5/c1-18-9-11-19(12-10-18)36-17-24-29-27(30-37-24)22-8-4-5-15-31(22)25(34)13-14-26(35)32-16-23(33)28-20-6-2-3-7-21(20)32/h2-3,6-7,9-12,22H,4-5,8,13-17H2,1H3,(H,28,33). The van der Waals surface area contributed by atoms with Crippen LogP contribution >= 0.6 is 0 Å². The molecule has 3 heterocycles. The summed E-state index contributed by atoms with van der Waals surface area (Å²) in [5.74, 6) is 0.829. The summed E-state index contributed by atoms with van der Waals surface area (Å²) in [5.41, 5.74) is 2.37. The highest BCUT2D eigenvalue weighted by molar-refractivity contribution is 6.10. The molecule has 1 unspecified atom stereocenters. The van der Waals surface area contributed by atoms with Crippen LogP contribution in [-0.4, -0.2) is 45.9 Å². The van der Waals surface area contributed by atoms with Gasteiger partial charge in [-0.2, -0.15) is 4.98 Å². The molecule has 1 atom stereocenters. The number of likely N-dealkylation sites (tertiary alicyclic amines) is 1. The average molecular weight is 504 g/mol. The van der Waals surface area contributed by atoms with Gasteiger partial charge in [-0.05, 0) is 50.5 Å². The van der Waals surface area contributed by atoms with Gasteiger partial charge in [0.25, 0.3) is 5.89 Å².